The van der Waals surface area contributed by atoms with Gasteiger partial charge in [-0.25, -0.2) is 15.0 Å². The van der Waals surface area contributed by atoms with Crippen molar-refractivity contribution in [2.45, 2.75) is 20.4 Å². The van der Waals surface area contributed by atoms with Crippen molar-refractivity contribution < 1.29 is 0 Å². The third kappa shape index (κ3) is 2.08. The maximum absolute atomic E-state index is 4.61. The predicted molar refractivity (Wildman–Crippen MR) is 77.8 cm³/mol. The lowest BCUT2D eigenvalue weighted by atomic mass is 10.3. The molecule has 0 unspecified atom stereocenters. The van der Waals surface area contributed by atoms with Crippen LogP contribution in [0.15, 0.2) is 17.8 Å². The highest BCUT2D eigenvalue weighted by Gasteiger charge is 2.09. The molecule has 3 rings (SSSR count). The number of hydrogen-bond donors (Lipinski definition) is 1. The molecule has 19 heavy (non-hydrogen) atoms. The van der Waals surface area contributed by atoms with Crippen LogP contribution in [0.3, 0.4) is 0 Å². The van der Waals surface area contributed by atoms with E-state index in [9.17, 15) is 0 Å². The van der Waals surface area contributed by atoms with Crippen LogP contribution in [0.2, 0.25) is 0 Å². The Morgan fingerprint density at radius 1 is 1.32 bits per heavy atom. The summed E-state index contributed by atoms with van der Waals surface area (Å²) >= 11 is 1.63. The van der Waals surface area contributed by atoms with E-state index in [0.29, 0.717) is 6.54 Å². The fraction of sp³-hybridized carbons (Fsp3) is 0.308. The Kier molecular flexibility index (Phi) is 2.94. The Labute approximate surface area is 115 Å². The van der Waals surface area contributed by atoms with E-state index in [0.717, 1.165) is 33.2 Å². The van der Waals surface area contributed by atoms with Gasteiger partial charge >= 0.3 is 0 Å². The fourth-order valence-electron chi connectivity index (χ4n) is 2.02. The summed E-state index contributed by atoms with van der Waals surface area (Å²) in [5, 5.41) is 6.25. The highest BCUT2D eigenvalue weighted by molar-refractivity contribution is 7.16. The van der Waals surface area contributed by atoms with Crippen molar-refractivity contribution in [3.63, 3.8) is 0 Å². The van der Waals surface area contributed by atoms with Crippen molar-refractivity contribution in [2.75, 3.05) is 12.4 Å². The third-order valence-electron chi connectivity index (χ3n) is 3.27. The largest absolute Gasteiger partial charge is 0.372 e. The van der Waals surface area contributed by atoms with E-state index in [1.165, 1.54) is 0 Å². The van der Waals surface area contributed by atoms with E-state index < -0.39 is 0 Å². The van der Waals surface area contributed by atoms with Crippen molar-refractivity contribution in [2.24, 2.45) is 0 Å². The molecule has 3 aromatic rings. The predicted octanol–water partition coefficient (Wildman–Crippen LogP) is 2.59. The van der Waals surface area contributed by atoms with E-state index in [2.05, 4.69) is 31.8 Å². The van der Waals surface area contributed by atoms with Gasteiger partial charge in [-0.2, -0.15) is 0 Å². The van der Waals surface area contributed by atoms with Gasteiger partial charge in [-0.05, 0) is 25.3 Å². The van der Waals surface area contributed by atoms with Gasteiger partial charge in [0.1, 0.15) is 10.6 Å². The fourth-order valence-corrected chi connectivity index (χ4v) is 2.80. The van der Waals surface area contributed by atoms with Crippen LogP contribution < -0.4 is 5.32 Å². The molecular weight excluding hydrogens is 258 g/mol. The molecular formula is C13H15N5S. The highest BCUT2D eigenvalue weighted by atomic mass is 32.1. The Morgan fingerprint density at radius 3 is 2.84 bits per heavy atom. The molecule has 0 bridgehead atoms. The van der Waals surface area contributed by atoms with Crippen molar-refractivity contribution in [1.82, 2.24) is 19.5 Å². The lowest BCUT2D eigenvalue weighted by Crippen LogP contribution is -2.07. The number of rotatable bonds is 3. The zero-order valence-corrected chi connectivity index (χ0v) is 12.0. The van der Waals surface area contributed by atoms with Crippen LogP contribution in [0.1, 0.15) is 17.2 Å². The first-order valence-corrected chi connectivity index (χ1v) is 6.97. The number of imidazole rings is 1. The minimum atomic E-state index is 0.648. The monoisotopic (exact) mass is 273 g/mol. The number of hydrogen-bond acceptors (Lipinski definition) is 5. The quantitative estimate of drug-likeness (QED) is 0.797. The maximum Gasteiger partial charge on any atom is 0.152 e. The standard InChI is InChI=1S/C13H15N5S/c1-8-9(2)18(7-15-8)6-11-16-12(14-3)10-4-5-19-13(10)17-11/h4-5,7H,6H2,1-3H3,(H,14,16,17). The van der Waals surface area contributed by atoms with Crippen LogP contribution >= 0.6 is 11.3 Å². The summed E-state index contributed by atoms with van der Waals surface area (Å²) in [5.41, 5.74) is 2.20. The minimum absolute atomic E-state index is 0.648. The molecule has 0 spiro atoms. The summed E-state index contributed by atoms with van der Waals surface area (Å²) in [6.45, 7) is 4.72. The second-order valence-electron chi connectivity index (χ2n) is 4.42. The van der Waals surface area contributed by atoms with Gasteiger partial charge in [0.25, 0.3) is 0 Å². The van der Waals surface area contributed by atoms with E-state index in [4.69, 9.17) is 0 Å². The van der Waals surface area contributed by atoms with Crippen LogP contribution in [0, 0.1) is 13.8 Å². The number of fused-ring (bicyclic) bond motifs is 1. The molecule has 3 heterocycles. The molecule has 1 N–H and O–H groups in total. The molecule has 3 aromatic heterocycles. The molecule has 5 nitrogen and oxygen atoms in total. The van der Waals surface area contributed by atoms with Gasteiger partial charge in [-0.3, -0.25) is 0 Å². The molecule has 0 amide bonds. The summed E-state index contributed by atoms with van der Waals surface area (Å²) in [7, 11) is 1.88. The van der Waals surface area contributed by atoms with Crippen LogP contribution in [-0.4, -0.2) is 26.6 Å². The smallest absolute Gasteiger partial charge is 0.152 e. The number of aromatic nitrogens is 4. The number of aryl methyl sites for hydroxylation is 1. The van der Waals surface area contributed by atoms with Gasteiger partial charge in [0.05, 0.1) is 24.0 Å². The van der Waals surface area contributed by atoms with Crippen LogP contribution in [0.4, 0.5) is 5.82 Å². The zero-order valence-electron chi connectivity index (χ0n) is 11.1. The second-order valence-corrected chi connectivity index (χ2v) is 5.32. The minimum Gasteiger partial charge on any atom is -0.372 e. The Bertz CT molecular complexity index is 728. The first-order valence-electron chi connectivity index (χ1n) is 6.09. The van der Waals surface area contributed by atoms with Crippen LogP contribution in [0.5, 0.6) is 0 Å². The highest BCUT2D eigenvalue weighted by Crippen LogP contribution is 2.25. The van der Waals surface area contributed by atoms with Gasteiger partial charge in [-0.1, -0.05) is 0 Å². The van der Waals surface area contributed by atoms with Crippen LogP contribution in [0.25, 0.3) is 10.2 Å². The lowest BCUT2D eigenvalue weighted by molar-refractivity contribution is 0.728. The van der Waals surface area contributed by atoms with E-state index in [-0.39, 0.29) is 0 Å². The average molecular weight is 273 g/mol. The van der Waals surface area contributed by atoms with Gasteiger partial charge in [0.2, 0.25) is 0 Å². The normalized spacial score (nSPS) is 11.1. The first kappa shape index (κ1) is 12.1. The topological polar surface area (TPSA) is 55.6 Å². The third-order valence-corrected chi connectivity index (χ3v) is 4.07. The Balaban J connectivity index is 2.03. The average Bonchev–Trinajstić information content (AvgIpc) is 2.99. The van der Waals surface area contributed by atoms with Crippen molar-refractivity contribution in [3.8, 4) is 0 Å². The summed E-state index contributed by atoms with van der Waals surface area (Å²) in [5.74, 6) is 1.69. The van der Waals surface area contributed by atoms with Gasteiger partial charge in [0.15, 0.2) is 5.82 Å². The summed E-state index contributed by atoms with van der Waals surface area (Å²) in [6.07, 6.45) is 1.84. The number of nitrogens with one attached hydrogen (secondary N) is 1. The molecule has 0 saturated heterocycles. The second kappa shape index (κ2) is 4.62. The summed E-state index contributed by atoms with van der Waals surface area (Å²) in [4.78, 5) is 14.5. The van der Waals surface area contributed by atoms with Crippen molar-refractivity contribution in [1.29, 1.82) is 0 Å². The number of thiophene rings is 1. The van der Waals surface area contributed by atoms with Gasteiger partial charge < -0.3 is 9.88 Å². The van der Waals surface area contributed by atoms with Gasteiger partial charge in [-0.15, -0.1) is 11.3 Å². The maximum atomic E-state index is 4.61. The molecule has 98 valence electrons. The molecule has 0 aromatic carbocycles. The molecule has 0 atom stereocenters. The molecule has 0 radical (unpaired) electrons. The molecule has 0 aliphatic carbocycles. The van der Waals surface area contributed by atoms with E-state index >= 15 is 0 Å². The van der Waals surface area contributed by atoms with Gasteiger partial charge in [0, 0.05) is 12.7 Å². The lowest BCUT2D eigenvalue weighted by Gasteiger charge is -2.07. The first-order chi connectivity index (χ1) is 9.19. The number of nitrogens with zero attached hydrogens (tertiary/aromatic N) is 4. The summed E-state index contributed by atoms with van der Waals surface area (Å²) in [6, 6.07) is 2.04. The number of anilines is 1. The van der Waals surface area contributed by atoms with Crippen LogP contribution in [-0.2, 0) is 6.54 Å². The Morgan fingerprint density at radius 2 is 2.16 bits per heavy atom. The zero-order chi connectivity index (χ0) is 13.4. The molecule has 0 aliphatic rings. The molecule has 0 fully saturated rings. The molecule has 0 aliphatic heterocycles. The SMILES string of the molecule is CNc1nc(Cn2cnc(C)c2C)nc2sccc12. The Hall–Kier alpha value is -1.95. The molecule has 0 saturated carbocycles. The molecule has 6 heteroatoms. The van der Waals surface area contributed by atoms with Crippen molar-refractivity contribution >= 4 is 27.4 Å². The van der Waals surface area contributed by atoms with E-state index in [1.54, 1.807) is 11.3 Å². The van der Waals surface area contributed by atoms with Crippen molar-refractivity contribution in [3.05, 3.63) is 35.0 Å². The summed E-state index contributed by atoms with van der Waals surface area (Å²) < 4.78 is 2.07. The van der Waals surface area contributed by atoms with E-state index in [1.807, 2.05) is 31.7 Å².